The van der Waals surface area contributed by atoms with E-state index in [0.717, 1.165) is 5.71 Å². The van der Waals surface area contributed by atoms with E-state index in [1.807, 2.05) is 19.1 Å². The molecule has 41 heavy (non-hydrogen) atoms. The van der Waals surface area contributed by atoms with Crippen LogP contribution in [0.3, 0.4) is 0 Å². The number of carbonyl (C=O) groups is 1. The van der Waals surface area contributed by atoms with E-state index in [-0.39, 0.29) is 23.7 Å². The van der Waals surface area contributed by atoms with Gasteiger partial charge in [0.25, 0.3) is 5.56 Å². The molecule has 2 aliphatic heterocycles. The lowest BCUT2D eigenvalue weighted by atomic mass is 9.87. The molecule has 11 heteroatoms. The van der Waals surface area contributed by atoms with E-state index in [1.54, 1.807) is 6.07 Å². The summed E-state index contributed by atoms with van der Waals surface area (Å²) in [5.41, 5.74) is 0.832. The molecule has 3 aliphatic rings. The topological polar surface area (TPSA) is 115 Å². The molecule has 3 aromatic rings. The zero-order valence-corrected chi connectivity index (χ0v) is 22.3. The highest BCUT2D eigenvalue weighted by Gasteiger charge is 2.47. The SMILES string of the molecule is CC1([C@H]2Nc3ccc(F)cc3O2)CC(C2C=c3nc(CCCCC(=O)O)n(-c4ccc(F)cc4)c(=O)c3=CC2)=NO1. The van der Waals surface area contributed by atoms with Gasteiger partial charge in [-0.15, -0.1) is 0 Å². The molecule has 212 valence electrons. The number of benzene rings is 2. The van der Waals surface area contributed by atoms with E-state index in [2.05, 4.69) is 10.5 Å². The fourth-order valence-electron chi connectivity index (χ4n) is 5.45. The minimum Gasteiger partial charge on any atom is -0.481 e. The number of carboxylic acids is 1. The van der Waals surface area contributed by atoms with Crippen LogP contribution in [0.25, 0.3) is 17.8 Å². The molecule has 1 aromatic heterocycles. The molecule has 3 atom stereocenters. The van der Waals surface area contributed by atoms with Gasteiger partial charge in [0.1, 0.15) is 23.2 Å². The van der Waals surface area contributed by atoms with Gasteiger partial charge in [0.2, 0.25) is 6.23 Å². The second-order valence-corrected chi connectivity index (χ2v) is 10.7. The number of aromatic nitrogens is 2. The minimum absolute atomic E-state index is 0.0197. The second-order valence-electron chi connectivity index (χ2n) is 10.7. The number of oxime groups is 1. The molecular formula is C30H28F2N4O5. The van der Waals surface area contributed by atoms with E-state index < -0.39 is 23.6 Å². The summed E-state index contributed by atoms with van der Waals surface area (Å²) < 4.78 is 34.7. The van der Waals surface area contributed by atoms with Gasteiger partial charge in [-0.25, -0.2) is 13.8 Å². The van der Waals surface area contributed by atoms with Gasteiger partial charge in [-0.1, -0.05) is 11.2 Å². The summed E-state index contributed by atoms with van der Waals surface area (Å²) >= 11 is 0. The number of nitrogens with zero attached hydrogens (tertiary/aromatic N) is 3. The summed E-state index contributed by atoms with van der Waals surface area (Å²) in [6.45, 7) is 1.87. The molecule has 0 fully saturated rings. The van der Waals surface area contributed by atoms with E-state index in [4.69, 9.17) is 19.7 Å². The Morgan fingerprint density at radius 3 is 2.73 bits per heavy atom. The third-order valence-electron chi connectivity index (χ3n) is 7.64. The third kappa shape index (κ3) is 5.19. The van der Waals surface area contributed by atoms with Crippen molar-refractivity contribution in [3.05, 3.63) is 80.8 Å². The predicted octanol–water partition coefficient (Wildman–Crippen LogP) is 3.25. The Morgan fingerprint density at radius 1 is 1.17 bits per heavy atom. The number of hydrogen-bond acceptors (Lipinski definition) is 7. The van der Waals surface area contributed by atoms with Crippen molar-refractivity contribution < 1.29 is 28.3 Å². The van der Waals surface area contributed by atoms with Crippen molar-refractivity contribution in [3.8, 4) is 11.4 Å². The van der Waals surface area contributed by atoms with Crippen molar-refractivity contribution in [1.29, 1.82) is 0 Å². The fraction of sp³-hybridized carbons (Fsp3) is 0.333. The molecule has 2 N–H and O–H groups in total. The first kappa shape index (κ1) is 26.7. The average Bonchev–Trinajstić information content (AvgIpc) is 3.56. The maximum absolute atomic E-state index is 13.7. The van der Waals surface area contributed by atoms with Crippen LogP contribution in [-0.2, 0) is 16.1 Å². The summed E-state index contributed by atoms with van der Waals surface area (Å²) in [5, 5.41) is 17.6. The lowest BCUT2D eigenvalue weighted by Crippen LogP contribution is -2.50. The number of nitrogens with one attached hydrogen (secondary N) is 1. The highest BCUT2D eigenvalue weighted by atomic mass is 19.1. The Hall–Kier alpha value is -4.54. The normalized spacial score (nSPS) is 22.3. The highest BCUT2D eigenvalue weighted by molar-refractivity contribution is 5.93. The molecular weight excluding hydrogens is 534 g/mol. The predicted molar refractivity (Wildman–Crippen MR) is 147 cm³/mol. The van der Waals surface area contributed by atoms with Crippen molar-refractivity contribution in [2.45, 2.75) is 57.3 Å². The fourth-order valence-corrected chi connectivity index (χ4v) is 5.45. The lowest BCUT2D eigenvalue weighted by Gasteiger charge is -2.28. The number of rotatable bonds is 8. The number of hydrogen-bond donors (Lipinski definition) is 2. The van der Waals surface area contributed by atoms with Crippen LogP contribution in [0.15, 0.2) is 52.4 Å². The first-order valence-corrected chi connectivity index (χ1v) is 13.5. The van der Waals surface area contributed by atoms with E-state index in [0.29, 0.717) is 65.6 Å². The molecule has 0 spiro atoms. The number of unbranched alkanes of at least 4 members (excludes halogenated alkanes) is 1. The summed E-state index contributed by atoms with van der Waals surface area (Å²) in [5.74, 6) is -0.973. The van der Waals surface area contributed by atoms with Gasteiger partial charge in [0.15, 0.2) is 5.60 Å². The van der Waals surface area contributed by atoms with Gasteiger partial charge in [-0.2, -0.15) is 0 Å². The molecule has 2 unspecified atom stereocenters. The minimum atomic E-state index is -0.883. The van der Waals surface area contributed by atoms with Crippen LogP contribution in [0.4, 0.5) is 14.5 Å². The molecule has 2 aromatic carbocycles. The Labute approximate surface area is 233 Å². The van der Waals surface area contributed by atoms with E-state index >= 15 is 0 Å². The molecule has 3 heterocycles. The third-order valence-corrected chi connectivity index (χ3v) is 7.64. The van der Waals surface area contributed by atoms with Crippen molar-refractivity contribution in [1.82, 2.24) is 9.55 Å². The van der Waals surface area contributed by atoms with Gasteiger partial charge in [-0.3, -0.25) is 14.2 Å². The summed E-state index contributed by atoms with van der Waals surface area (Å²) in [6, 6.07) is 9.93. The molecule has 0 saturated heterocycles. The first-order valence-electron chi connectivity index (χ1n) is 13.5. The van der Waals surface area contributed by atoms with Crippen LogP contribution in [-0.4, -0.2) is 38.2 Å². The molecule has 0 saturated carbocycles. The van der Waals surface area contributed by atoms with Crippen molar-refractivity contribution in [3.63, 3.8) is 0 Å². The van der Waals surface area contributed by atoms with Crippen LogP contribution in [0.5, 0.6) is 5.75 Å². The number of aliphatic carboxylic acids is 1. The number of halogens is 2. The lowest BCUT2D eigenvalue weighted by molar-refractivity contribution is -0.137. The standard InChI is InChI=1S/C30H28F2N4O5/c1-30(29-34-22-13-9-19(32)15-25(22)40-29)16-24(35-41-30)17-6-12-21-23(14-17)33-26(4-2-3-5-27(37)38)36(28(21)39)20-10-7-18(31)8-11-20/h7-15,17,29,34H,2-6,16H2,1H3,(H,37,38)/t17?,29-,30?/m0/s1. The van der Waals surface area contributed by atoms with Crippen LogP contribution in [0.1, 0.15) is 44.9 Å². The molecule has 0 amide bonds. The Morgan fingerprint density at radius 2 is 1.95 bits per heavy atom. The Kier molecular flexibility index (Phi) is 6.80. The van der Waals surface area contributed by atoms with E-state index in [1.165, 1.54) is 41.0 Å². The molecule has 6 rings (SSSR count). The number of anilines is 1. The molecule has 9 nitrogen and oxygen atoms in total. The zero-order chi connectivity index (χ0) is 28.7. The van der Waals surface area contributed by atoms with Gasteiger partial charge in [0.05, 0.1) is 27.7 Å². The van der Waals surface area contributed by atoms with Crippen LogP contribution in [0, 0.1) is 17.6 Å². The number of carboxylic acid groups (broad SMARTS) is 1. The second kappa shape index (κ2) is 10.5. The quantitative estimate of drug-likeness (QED) is 0.405. The largest absolute Gasteiger partial charge is 0.481 e. The number of ether oxygens (including phenoxy) is 1. The van der Waals surface area contributed by atoms with Crippen molar-refractivity contribution >= 4 is 29.5 Å². The molecule has 0 bridgehead atoms. The molecule has 0 radical (unpaired) electrons. The average molecular weight is 563 g/mol. The first-order chi connectivity index (χ1) is 19.7. The Balaban J connectivity index is 1.27. The number of aryl methyl sites for hydroxylation is 1. The highest BCUT2D eigenvalue weighted by Crippen LogP contribution is 2.40. The van der Waals surface area contributed by atoms with Crippen LogP contribution in [0.2, 0.25) is 0 Å². The zero-order valence-electron chi connectivity index (χ0n) is 22.3. The van der Waals surface area contributed by atoms with Crippen LogP contribution < -0.4 is 26.2 Å². The maximum Gasteiger partial charge on any atom is 0.303 e. The van der Waals surface area contributed by atoms with Gasteiger partial charge < -0.3 is 20.0 Å². The molecule has 1 aliphatic carbocycles. The van der Waals surface area contributed by atoms with Gasteiger partial charge in [-0.05, 0) is 68.7 Å². The van der Waals surface area contributed by atoms with Gasteiger partial charge >= 0.3 is 5.97 Å². The van der Waals surface area contributed by atoms with Crippen LogP contribution >= 0.6 is 0 Å². The Bertz CT molecular complexity index is 1740. The van der Waals surface area contributed by atoms with Crippen molar-refractivity contribution in [2.24, 2.45) is 11.1 Å². The van der Waals surface area contributed by atoms with Crippen molar-refractivity contribution in [2.75, 3.05) is 5.32 Å². The van der Waals surface area contributed by atoms with Gasteiger partial charge in [0, 0.05) is 31.2 Å². The monoisotopic (exact) mass is 562 g/mol. The maximum atomic E-state index is 13.7. The number of fused-ring (bicyclic) bond motifs is 2. The summed E-state index contributed by atoms with van der Waals surface area (Å²) in [6.07, 6.45) is 5.48. The smallest absolute Gasteiger partial charge is 0.303 e. The van der Waals surface area contributed by atoms with E-state index in [9.17, 15) is 18.4 Å². The summed E-state index contributed by atoms with van der Waals surface area (Å²) in [7, 11) is 0. The summed E-state index contributed by atoms with van der Waals surface area (Å²) in [4.78, 5) is 35.3.